The van der Waals surface area contributed by atoms with Gasteiger partial charge in [-0.15, -0.1) is 0 Å². The molecule has 2 N–H and O–H groups in total. The molecule has 2 atom stereocenters. The van der Waals surface area contributed by atoms with E-state index in [1.807, 2.05) is 24.3 Å². The predicted octanol–water partition coefficient (Wildman–Crippen LogP) is 5.50. The summed E-state index contributed by atoms with van der Waals surface area (Å²) >= 11 is 0. The number of hydrogen-bond donors (Lipinski definition) is 2. The van der Waals surface area contributed by atoms with Crippen molar-refractivity contribution in [3.05, 3.63) is 95.8 Å². The van der Waals surface area contributed by atoms with Crippen LogP contribution in [0, 0.1) is 0 Å². The molecule has 0 unspecified atom stereocenters. The maximum atomic E-state index is 13.1. The molecule has 0 saturated carbocycles. The van der Waals surface area contributed by atoms with Crippen LogP contribution in [-0.2, 0) is 31.8 Å². The van der Waals surface area contributed by atoms with Crippen LogP contribution in [0.15, 0.2) is 73.6 Å². The number of ether oxygens (including phenoxy) is 6. The second kappa shape index (κ2) is 18.7. The molecule has 2 amide bonds. The third-order valence-electron chi connectivity index (χ3n) is 11.5. The molecule has 4 aromatic heterocycles. The quantitative estimate of drug-likeness (QED) is 0.147. The number of benzene rings is 2. The van der Waals surface area contributed by atoms with Crippen molar-refractivity contribution in [2.45, 2.75) is 51.1 Å². The fourth-order valence-corrected chi connectivity index (χ4v) is 8.43. The lowest BCUT2D eigenvalue weighted by Gasteiger charge is -2.31. The first-order valence-corrected chi connectivity index (χ1v) is 21.2. The summed E-state index contributed by atoms with van der Waals surface area (Å²) in [5.41, 5.74) is 4.09. The number of alkyl halides is 4. The second-order valence-corrected chi connectivity index (χ2v) is 16.6. The highest BCUT2D eigenvalue weighted by atomic mass is 19.3. The highest BCUT2D eigenvalue weighted by Gasteiger charge is 2.39. The topological polar surface area (TPSA) is 180 Å². The standard InChI is InChI=1S/2C22H23F2N5O4/c2*1-22(13-32-21(23)24)11-14-9-16(17(10-18(14)33-22)28-5-7-31-8-6-28)27-20(30)15-12-26-29-4-2-3-25-19(15)29/h2*2-4,9-10,12,21H,5-8,11,13H2,1H3,(H,27,30)/t2*22-/m10/s1. The number of nitrogens with one attached hydrogen (secondary N) is 2. The fraction of sp³-hybridized carbons (Fsp3) is 0.409. The van der Waals surface area contributed by atoms with E-state index in [-0.39, 0.29) is 25.0 Å². The Morgan fingerprint density at radius 3 is 1.47 bits per heavy atom. The van der Waals surface area contributed by atoms with Gasteiger partial charge in [-0.2, -0.15) is 27.8 Å². The number of morpholine rings is 2. The van der Waals surface area contributed by atoms with Gasteiger partial charge in [-0.1, -0.05) is 0 Å². The van der Waals surface area contributed by atoms with E-state index < -0.39 is 24.4 Å². The van der Waals surface area contributed by atoms with Gasteiger partial charge in [0.15, 0.2) is 11.3 Å². The molecule has 4 aliphatic heterocycles. The average Bonchev–Trinajstić information content (AvgIpc) is 4.10. The molecule has 10 rings (SSSR count). The van der Waals surface area contributed by atoms with Gasteiger partial charge in [0.05, 0.1) is 74.8 Å². The van der Waals surface area contributed by atoms with Gasteiger partial charge in [0.2, 0.25) is 0 Å². The molecular weight excluding hydrogens is 873 g/mol. The van der Waals surface area contributed by atoms with Crippen molar-refractivity contribution in [1.29, 1.82) is 0 Å². The molecule has 8 heterocycles. The van der Waals surface area contributed by atoms with Crippen molar-refractivity contribution in [1.82, 2.24) is 29.2 Å². The Hall–Kier alpha value is -6.62. The Bertz CT molecular complexity index is 2550. The number of rotatable bonds is 12. The molecular formula is C44H46F4N10O8. The summed E-state index contributed by atoms with van der Waals surface area (Å²) in [4.78, 5) is 39.0. The molecule has 0 bridgehead atoms. The zero-order valence-corrected chi connectivity index (χ0v) is 35.9. The SMILES string of the molecule is C[C@@]1(COC(F)F)Cc2cc(NC(=O)c3cnn4cccnc34)c(N3CCOCC3)cc2O1.C[C@]1(COC(F)F)Cc2cc(NC(=O)c3cnn4cccnc34)c(N3CCOCC3)cc2O1. The lowest BCUT2D eigenvalue weighted by molar-refractivity contribution is -0.158. The highest BCUT2D eigenvalue weighted by Crippen LogP contribution is 2.44. The molecule has 348 valence electrons. The van der Waals surface area contributed by atoms with Gasteiger partial charge in [-0.05, 0) is 38.1 Å². The van der Waals surface area contributed by atoms with E-state index in [1.165, 1.54) is 21.4 Å². The molecule has 2 fully saturated rings. The van der Waals surface area contributed by atoms with Gasteiger partial charge >= 0.3 is 13.2 Å². The van der Waals surface area contributed by atoms with Crippen molar-refractivity contribution in [3.63, 3.8) is 0 Å². The third-order valence-corrected chi connectivity index (χ3v) is 11.5. The number of aromatic nitrogens is 6. The van der Waals surface area contributed by atoms with Gasteiger partial charge in [-0.3, -0.25) is 9.59 Å². The highest BCUT2D eigenvalue weighted by molar-refractivity contribution is 6.10. The summed E-state index contributed by atoms with van der Waals surface area (Å²) < 4.78 is 85.4. The Morgan fingerprint density at radius 1 is 0.667 bits per heavy atom. The van der Waals surface area contributed by atoms with E-state index in [0.29, 0.717) is 111 Å². The molecule has 22 heteroatoms. The van der Waals surface area contributed by atoms with Gasteiger partial charge < -0.3 is 48.9 Å². The van der Waals surface area contributed by atoms with Crippen molar-refractivity contribution in [2.24, 2.45) is 0 Å². The number of anilines is 4. The van der Waals surface area contributed by atoms with Crippen LogP contribution in [0.3, 0.4) is 0 Å². The van der Waals surface area contributed by atoms with E-state index in [1.54, 1.807) is 50.8 Å². The van der Waals surface area contributed by atoms with E-state index in [2.05, 4.69) is 50.1 Å². The smallest absolute Gasteiger partial charge is 0.345 e. The largest absolute Gasteiger partial charge is 0.484 e. The van der Waals surface area contributed by atoms with Crippen LogP contribution in [0.25, 0.3) is 11.3 Å². The van der Waals surface area contributed by atoms with Crippen molar-refractivity contribution in [3.8, 4) is 11.5 Å². The predicted molar refractivity (Wildman–Crippen MR) is 230 cm³/mol. The van der Waals surface area contributed by atoms with Gasteiger partial charge in [0.25, 0.3) is 11.8 Å². The summed E-state index contributed by atoms with van der Waals surface area (Å²) in [5.74, 6) is 0.488. The van der Waals surface area contributed by atoms with Crippen molar-refractivity contribution < 1.29 is 55.6 Å². The monoisotopic (exact) mass is 918 g/mol. The summed E-state index contributed by atoms with van der Waals surface area (Å²) in [7, 11) is 0. The fourth-order valence-electron chi connectivity index (χ4n) is 8.43. The average molecular weight is 919 g/mol. The molecule has 2 aromatic carbocycles. The maximum Gasteiger partial charge on any atom is 0.345 e. The summed E-state index contributed by atoms with van der Waals surface area (Å²) in [6.45, 7) is 2.04. The Kier molecular flexibility index (Phi) is 12.6. The Labute approximate surface area is 374 Å². The van der Waals surface area contributed by atoms with Crippen LogP contribution < -0.4 is 29.9 Å². The number of hydrogen-bond acceptors (Lipinski definition) is 14. The van der Waals surface area contributed by atoms with Crippen LogP contribution in [0.2, 0.25) is 0 Å². The number of halogens is 4. The minimum atomic E-state index is -2.87. The molecule has 66 heavy (non-hydrogen) atoms. The first-order chi connectivity index (χ1) is 31.8. The van der Waals surface area contributed by atoms with Gasteiger partial charge in [0, 0.05) is 87.1 Å². The molecule has 4 aliphatic rings. The summed E-state index contributed by atoms with van der Waals surface area (Å²) in [6, 6.07) is 10.8. The molecule has 18 nitrogen and oxygen atoms in total. The zero-order chi connectivity index (χ0) is 46.0. The Balaban J connectivity index is 0.000000166. The second-order valence-electron chi connectivity index (χ2n) is 16.6. The van der Waals surface area contributed by atoms with E-state index in [9.17, 15) is 27.2 Å². The normalized spacial score (nSPS) is 20.2. The van der Waals surface area contributed by atoms with Gasteiger partial charge in [0.1, 0.15) is 33.8 Å². The minimum Gasteiger partial charge on any atom is -0.484 e. The number of amides is 2. The molecule has 2 saturated heterocycles. The van der Waals surface area contributed by atoms with Crippen LogP contribution in [0.5, 0.6) is 11.5 Å². The van der Waals surface area contributed by atoms with Crippen LogP contribution in [-0.4, -0.2) is 131 Å². The number of fused-ring (bicyclic) bond motifs is 4. The maximum absolute atomic E-state index is 13.1. The number of carbonyl (C=O) groups excluding carboxylic acids is 2. The lowest BCUT2D eigenvalue weighted by Crippen LogP contribution is -2.37. The summed E-state index contributed by atoms with van der Waals surface area (Å²) in [5, 5.41) is 14.3. The molecule has 0 spiro atoms. The van der Waals surface area contributed by atoms with Crippen molar-refractivity contribution >= 4 is 45.9 Å². The summed E-state index contributed by atoms with van der Waals surface area (Å²) in [6.07, 6.45) is 10.3. The van der Waals surface area contributed by atoms with Crippen molar-refractivity contribution in [2.75, 3.05) is 86.3 Å². The minimum absolute atomic E-state index is 0.248. The first kappa shape index (κ1) is 44.6. The lowest BCUT2D eigenvalue weighted by atomic mass is 9.99. The molecule has 6 aromatic rings. The van der Waals surface area contributed by atoms with Crippen LogP contribution in [0.1, 0.15) is 45.7 Å². The number of carbonyl (C=O) groups is 2. The Morgan fingerprint density at radius 2 is 1.08 bits per heavy atom. The first-order valence-electron chi connectivity index (χ1n) is 21.2. The zero-order valence-electron chi connectivity index (χ0n) is 35.9. The van der Waals surface area contributed by atoms with E-state index in [0.717, 1.165) is 22.5 Å². The van der Waals surface area contributed by atoms with E-state index in [4.69, 9.17) is 18.9 Å². The molecule has 0 aliphatic carbocycles. The van der Waals surface area contributed by atoms with Gasteiger partial charge in [-0.25, -0.2) is 19.0 Å². The number of nitrogens with zero attached hydrogens (tertiary/aromatic N) is 8. The third kappa shape index (κ3) is 9.66. The molecule has 0 radical (unpaired) electrons. The van der Waals surface area contributed by atoms with E-state index >= 15 is 0 Å². The van der Waals surface area contributed by atoms with Crippen LogP contribution in [0.4, 0.5) is 40.3 Å². The van der Waals surface area contributed by atoms with Crippen LogP contribution >= 0.6 is 0 Å².